The topological polar surface area (TPSA) is 63.7 Å². The summed E-state index contributed by atoms with van der Waals surface area (Å²) in [5.41, 5.74) is 2.37. The molecule has 0 aliphatic carbocycles. The highest BCUT2D eigenvalue weighted by atomic mass is 32.2. The monoisotopic (exact) mass is 285 g/mol. The highest BCUT2D eigenvalue weighted by Crippen LogP contribution is 2.22. The van der Waals surface area contributed by atoms with Crippen LogP contribution in [0, 0.1) is 13.8 Å². The van der Waals surface area contributed by atoms with Crippen molar-refractivity contribution in [2.45, 2.75) is 20.8 Å². The Labute approximate surface area is 114 Å². The maximum Gasteiger partial charge on any atom is 0.326 e. The van der Waals surface area contributed by atoms with E-state index in [-0.39, 0.29) is 12.3 Å². The zero-order valence-electron chi connectivity index (χ0n) is 11.6. The van der Waals surface area contributed by atoms with E-state index in [1.165, 1.54) is 7.11 Å². The van der Waals surface area contributed by atoms with Gasteiger partial charge in [-0.3, -0.25) is 9.10 Å². The maximum atomic E-state index is 12.1. The molecular weight excluding hydrogens is 266 g/mol. The predicted molar refractivity (Wildman–Crippen MR) is 74.7 cm³/mol. The lowest BCUT2D eigenvalue weighted by Gasteiger charge is -2.23. The van der Waals surface area contributed by atoms with Gasteiger partial charge in [-0.15, -0.1) is 0 Å². The van der Waals surface area contributed by atoms with E-state index in [9.17, 15) is 13.2 Å². The summed E-state index contributed by atoms with van der Waals surface area (Å²) in [6.07, 6.45) is 0. The van der Waals surface area contributed by atoms with Crippen LogP contribution in [0.5, 0.6) is 0 Å². The maximum absolute atomic E-state index is 12.1. The number of esters is 1. The van der Waals surface area contributed by atoms with E-state index >= 15 is 0 Å². The molecule has 1 rings (SSSR count). The molecule has 0 atom stereocenters. The number of aryl methyl sites for hydroxylation is 2. The summed E-state index contributed by atoms with van der Waals surface area (Å²) in [5, 5.41) is 0. The normalized spacial score (nSPS) is 11.2. The molecule has 1 aromatic carbocycles. The van der Waals surface area contributed by atoms with Crippen LogP contribution in [0.4, 0.5) is 5.69 Å². The fourth-order valence-electron chi connectivity index (χ4n) is 1.78. The SMILES string of the molecule is CCS(=O)(=O)N(CC(=O)OC)c1cc(C)cc(C)c1. The number of rotatable bonds is 5. The van der Waals surface area contributed by atoms with Gasteiger partial charge in [0.05, 0.1) is 18.6 Å². The first kappa shape index (κ1) is 15.5. The number of carbonyl (C=O) groups is 1. The molecule has 0 aliphatic heterocycles. The summed E-state index contributed by atoms with van der Waals surface area (Å²) in [6, 6.07) is 5.42. The Morgan fingerprint density at radius 2 is 1.74 bits per heavy atom. The second kappa shape index (κ2) is 6.06. The number of methoxy groups -OCH3 is 1. The number of nitrogens with zero attached hydrogens (tertiary/aromatic N) is 1. The molecule has 19 heavy (non-hydrogen) atoms. The average molecular weight is 285 g/mol. The van der Waals surface area contributed by atoms with E-state index in [4.69, 9.17) is 0 Å². The summed E-state index contributed by atoms with van der Waals surface area (Å²) in [7, 11) is -2.28. The third-order valence-electron chi connectivity index (χ3n) is 2.70. The average Bonchev–Trinajstić information content (AvgIpc) is 2.34. The minimum Gasteiger partial charge on any atom is -0.468 e. The van der Waals surface area contributed by atoms with Crippen molar-refractivity contribution in [1.82, 2.24) is 0 Å². The molecule has 5 nitrogen and oxygen atoms in total. The highest BCUT2D eigenvalue weighted by molar-refractivity contribution is 7.92. The van der Waals surface area contributed by atoms with E-state index in [2.05, 4.69) is 4.74 Å². The number of sulfonamides is 1. The van der Waals surface area contributed by atoms with Gasteiger partial charge in [0.1, 0.15) is 6.54 Å². The molecule has 0 amide bonds. The summed E-state index contributed by atoms with van der Waals surface area (Å²) in [6.45, 7) is 4.99. The van der Waals surface area contributed by atoms with Gasteiger partial charge in [-0.1, -0.05) is 6.07 Å². The molecule has 0 aliphatic rings. The van der Waals surface area contributed by atoms with Crippen LogP contribution in [-0.4, -0.2) is 33.8 Å². The number of carbonyl (C=O) groups excluding carboxylic acids is 1. The molecule has 1 aromatic rings. The molecule has 0 heterocycles. The van der Waals surface area contributed by atoms with Crippen molar-refractivity contribution in [1.29, 1.82) is 0 Å². The summed E-state index contributed by atoms with van der Waals surface area (Å²) >= 11 is 0. The summed E-state index contributed by atoms with van der Waals surface area (Å²) in [4.78, 5) is 11.4. The minimum absolute atomic E-state index is 0.0724. The van der Waals surface area contributed by atoms with Gasteiger partial charge in [0.2, 0.25) is 10.0 Å². The molecule has 0 radical (unpaired) electrons. The van der Waals surface area contributed by atoms with Gasteiger partial charge < -0.3 is 4.74 Å². The molecule has 0 fully saturated rings. The highest BCUT2D eigenvalue weighted by Gasteiger charge is 2.24. The third kappa shape index (κ3) is 3.96. The molecule has 0 bridgehead atoms. The van der Waals surface area contributed by atoms with E-state index in [0.717, 1.165) is 15.4 Å². The lowest BCUT2D eigenvalue weighted by atomic mass is 10.1. The fourth-order valence-corrected chi connectivity index (χ4v) is 2.82. The van der Waals surface area contributed by atoms with E-state index in [0.29, 0.717) is 5.69 Å². The van der Waals surface area contributed by atoms with Crippen LogP contribution in [0.1, 0.15) is 18.1 Å². The Balaban J connectivity index is 3.27. The van der Waals surface area contributed by atoms with Crippen molar-refractivity contribution in [3.8, 4) is 0 Å². The molecule has 0 aromatic heterocycles. The van der Waals surface area contributed by atoms with Gasteiger partial charge in [0, 0.05) is 0 Å². The molecule has 6 heteroatoms. The molecule has 0 saturated heterocycles. The Morgan fingerprint density at radius 3 is 2.16 bits per heavy atom. The van der Waals surface area contributed by atoms with Crippen molar-refractivity contribution < 1.29 is 17.9 Å². The van der Waals surface area contributed by atoms with E-state index < -0.39 is 16.0 Å². The van der Waals surface area contributed by atoms with Crippen LogP contribution in [0.15, 0.2) is 18.2 Å². The lowest BCUT2D eigenvalue weighted by Crippen LogP contribution is -2.37. The number of hydrogen-bond donors (Lipinski definition) is 0. The molecule has 106 valence electrons. The van der Waals surface area contributed by atoms with Crippen LogP contribution in [0.2, 0.25) is 0 Å². The van der Waals surface area contributed by atoms with Gasteiger partial charge in [-0.2, -0.15) is 0 Å². The molecule has 0 N–H and O–H groups in total. The van der Waals surface area contributed by atoms with Gasteiger partial charge in [-0.25, -0.2) is 8.42 Å². The number of ether oxygens (including phenoxy) is 1. The zero-order chi connectivity index (χ0) is 14.6. The standard InChI is InChI=1S/C13H19NO4S/c1-5-19(16,17)14(9-13(15)18-4)12-7-10(2)6-11(3)8-12/h6-8H,5,9H2,1-4H3. The van der Waals surface area contributed by atoms with Crippen LogP contribution in [-0.2, 0) is 19.6 Å². The van der Waals surface area contributed by atoms with Gasteiger partial charge in [0.25, 0.3) is 0 Å². The van der Waals surface area contributed by atoms with Crippen LogP contribution < -0.4 is 4.31 Å². The van der Waals surface area contributed by atoms with Gasteiger partial charge >= 0.3 is 5.97 Å². The predicted octanol–water partition coefficient (Wildman–Crippen LogP) is 1.63. The molecule has 0 unspecified atom stereocenters. The number of benzene rings is 1. The minimum atomic E-state index is -3.52. The first-order valence-corrected chi connectivity index (χ1v) is 7.56. The van der Waals surface area contributed by atoms with E-state index in [1.54, 1.807) is 19.1 Å². The summed E-state index contributed by atoms with van der Waals surface area (Å²) in [5.74, 6) is -0.659. The van der Waals surface area contributed by atoms with Crippen molar-refractivity contribution in [3.63, 3.8) is 0 Å². The zero-order valence-corrected chi connectivity index (χ0v) is 12.5. The largest absolute Gasteiger partial charge is 0.468 e. The van der Waals surface area contributed by atoms with Crippen LogP contribution in [0.25, 0.3) is 0 Å². The molecule has 0 saturated carbocycles. The van der Waals surface area contributed by atoms with Gasteiger partial charge in [0.15, 0.2) is 0 Å². The molecular formula is C13H19NO4S. The van der Waals surface area contributed by atoms with Crippen LogP contribution >= 0.6 is 0 Å². The third-order valence-corrected chi connectivity index (χ3v) is 4.44. The Morgan fingerprint density at radius 1 is 1.21 bits per heavy atom. The first-order valence-electron chi connectivity index (χ1n) is 5.95. The number of hydrogen-bond acceptors (Lipinski definition) is 4. The van der Waals surface area contributed by atoms with Crippen molar-refractivity contribution in [3.05, 3.63) is 29.3 Å². The first-order chi connectivity index (χ1) is 8.80. The lowest BCUT2D eigenvalue weighted by molar-refractivity contribution is -0.138. The van der Waals surface area contributed by atoms with Crippen molar-refractivity contribution in [2.24, 2.45) is 0 Å². The quantitative estimate of drug-likeness (QED) is 0.771. The Kier molecular flexibility index (Phi) is 4.94. The van der Waals surface area contributed by atoms with Crippen LogP contribution in [0.3, 0.4) is 0 Å². The van der Waals surface area contributed by atoms with Gasteiger partial charge in [-0.05, 0) is 44.0 Å². The van der Waals surface area contributed by atoms with Crippen molar-refractivity contribution in [2.75, 3.05) is 23.7 Å². The second-order valence-corrected chi connectivity index (χ2v) is 6.51. The smallest absolute Gasteiger partial charge is 0.326 e. The Hall–Kier alpha value is -1.56. The number of anilines is 1. The fraction of sp³-hybridized carbons (Fsp3) is 0.462. The van der Waals surface area contributed by atoms with E-state index in [1.807, 2.05) is 19.9 Å². The summed E-state index contributed by atoms with van der Waals surface area (Å²) < 4.78 is 29.8. The Bertz CT molecular complexity index is 546. The second-order valence-electron chi connectivity index (χ2n) is 4.33. The molecule has 0 spiro atoms. The van der Waals surface area contributed by atoms with Crippen molar-refractivity contribution >= 4 is 21.7 Å².